The van der Waals surface area contributed by atoms with Crippen molar-refractivity contribution in [2.75, 3.05) is 12.3 Å². The fraction of sp³-hybridized carbons (Fsp3) is 0.286. The Bertz CT molecular complexity index is 730. The lowest BCUT2D eigenvalue weighted by Gasteiger charge is -2.16. The van der Waals surface area contributed by atoms with Crippen LogP contribution in [-0.4, -0.2) is 33.2 Å². The number of nitrogens with two attached hydrogens (primary N) is 2. The highest BCUT2D eigenvalue weighted by molar-refractivity contribution is 6.00. The lowest BCUT2D eigenvalue weighted by atomic mass is 10.1. The van der Waals surface area contributed by atoms with E-state index < -0.39 is 11.8 Å². The molecule has 2 aromatic rings. The van der Waals surface area contributed by atoms with E-state index in [1.54, 1.807) is 4.90 Å². The number of rotatable bonds is 3. The lowest BCUT2D eigenvalue weighted by molar-refractivity contribution is -0.136. The molecule has 21 heavy (non-hydrogen) atoms. The SMILES string of the molecule is NC(=O)[C@@H]1CCN(Cc2ccc3c(N)ncnc3c2)C1=O. The van der Waals surface area contributed by atoms with Crippen molar-refractivity contribution in [2.24, 2.45) is 11.7 Å². The van der Waals surface area contributed by atoms with E-state index in [2.05, 4.69) is 9.97 Å². The van der Waals surface area contributed by atoms with Crippen LogP contribution in [0, 0.1) is 5.92 Å². The number of nitrogen functional groups attached to an aromatic ring is 1. The van der Waals surface area contributed by atoms with Crippen molar-refractivity contribution in [2.45, 2.75) is 13.0 Å². The number of carbonyl (C=O) groups is 2. The number of carbonyl (C=O) groups excluding carboxylic acids is 2. The first-order valence-corrected chi connectivity index (χ1v) is 6.63. The zero-order valence-corrected chi connectivity index (χ0v) is 11.3. The highest BCUT2D eigenvalue weighted by Crippen LogP contribution is 2.22. The predicted octanol–water partition coefficient (Wildman–Crippen LogP) is 0.0458. The van der Waals surface area contributed by atoms with E-state index in [-0.39, 0.29) is 5.91 Å². The maximum Gasteiger partial charge on any atom is 0.235 e. The van der Waals surface area contributed by atoms with Crippen LogP contribution in [0.15, 0.2) is 24.5 Å². The Hall–Kier alpha value is -2.70. The van der Waals surface area contributed by atoms with E-state index in [0.29, 0.717) is 25.3 Å². The van der Waals surface area contributed by atoms with Gasteiger partial charge in [0.15, 0.2) is 0 Å². The van der Waals surface area contributed by atoms with E-state index >= 15 is 0 Å². The van der Waals surface area contributed by atoms with E-state index in [0.717, 1.165) is 16.5 Å². The molecule has 1 aromatic heterocycles. The third kappa shape index (κ3) is 2.37. The molecule has 0 bridgehead atoms. The first-order valence-electron chi connectivity index (χ1n) is 6.63. The number of fused-ring (bicyclic) bond motifs is 1. The summed E-state index contributed by atoms with van der Waals surface area (Å²) in [6.07, 6.45) is 1.89. The molecular formula is C14H15N5O2. The van der Waals surface area contributed by atoms with Crippen molar-refractivity contribution < 1.29 is 9.59 Å². The molecule has 0 spiro atoms. The standard InChI is InChI=1S/C14H15N5O2/c15-12-9-2-1-8(5-11(9)17-7-18-12)6-19-4-3-10(13(16)20)14(19)21/h1-2,5,7,10H,3-4,6H2,(H2,16,20)(H2,15,17,18)/t10-/m0/s1. The summed E-state index contributed by atoms with van der Waals surface area (Å²) in [6, 6.07) is 5.59. The Morgan fingerprint density at radius 2 is 2.19 bits per heavy atom. The van der Waals surface area contributed by atoms with Gasteiger partial charge < -0.3 is 16.4 Å². The van der Waals surface area contributed by atoms with Crippen molar-refractivity contribution in [1.82, 2.24) is 14.9 Å². The molecule has 1 aliphatic rings. The summed E-state index contributed by atoms with van der Waals surface area (Å²) in [5.41, 5.74) is 12.7. The molecule has 0 aliphatic carbocycles. The average molecular weight is 285 g/mol. The van der Waals surface area contributed by atoms with Crippen molar-refractivity contribution in [3.8, 4) is 0 Å². The Morgan fingerprint density at radius 1 is 1.38 bits per heavy atom. The summed E-state index contributed by atoms with van der Waals surface area (Å²) in [7, 11) is 0. The monoisotopic (exact) mass is 285 g/mol. The average Bonchev–Trinajstić information content (AvgIpc) is 2.80. The first kappa shape index (κ1) is 13.3. The third-order valence-electron chi connectivity index (χ3n) is 3.75. The number of nitrogens with zero attached hydrogens (tertiary/aromatic N) is 3. The number of anilines is 1. The van der Waals surface area contributed by atoms with E-state index in [1.807, 2.05) is 18.2 Å². The molecule has 2 amide bonds. The van der Waals surface area contributed by atoms with Gasteiger partial charge in [-0.3, -0.25) is 9.59 Å². The Labute approximate surface area is 120 Å². The molecule has 0 radical (unpaired) electrons. The Morgan fingerprint density at radius 3 is 2.90 bits per heavy atom. The van der Waals surface area contributed by atoms with E-state index in [9.17, 15) is 9.59 Å². The van der Waals surface area contributed by atoms with Gasteiger partial charge in [-0.15, -0.1) is 0 Å². The van der Waals surface area contributed by atoms with Crippen LogP contribution in [0.1, 0.15) is 12.0 Å². The number of hydrogen-bond acceptors (Lipinski definition) is 5. The molecule has 1 atom stereocenters. The molecular weight excluding hydrogens is 270 g/mol. The minimum absolute atomic E-state index is 0.204. The molecule has 1 fully saturated rings. The number of aromatic nitrogens is 2. The molecule has 7 nitrogen and oxygen atoms in total. The second-order valence-corrected chi connectivity index (χ2v) is 5.11. The smallest absolute Gasteiger partial charge is 0.235 e. The summed E-state index contributed by atoms with van der Waals surface area (Å²) >= 11 is 0. The minimum Gasteiger partial charge on any atom is -0.383 e. The lowest BCUT2D eigenvalue weighted by Crippen LogP contribution is -2.33. The molecule has 2 heterocycles. The molecule has 0 saturated carbocycles. The van der Waals surface area contributed by atoms with Crippen LogP contribution in [-0.2, 0) is 16.1 Å². The van der Waals surface area contributed by atoms with Crippen LogP contribution in [0.3, 0.4) is 0 Å². The van der Waals surface area contributed by atoms with Gasteiger partial charge in [-0.2, -0.15) is 0 Å². The number of likely N-dealkylation sites (tertiary alicyclic amines) is 1. The first-order chi connectivity index (χ1) is 10.1. The van der Waals surface area contributed by atoms with Crippen LogP contribution in [0.5, 0.6) is 0 Å². The zero-order chi connectivity index (χ0) is 15.0. The minimum atomic E-state index is -0.691. The second-order valence-electron chi connectivity index (χ2n) is 5.11. The molecule has 1 saturated heterocycles. The molecule has 4 N–H and O–H groups in total. The van der Waals surface area contributed by atoms with Crippen LogP contribution in [0.2, 0.25) is 0 Å². The van der Waals surface area contributed by atoms with Gasteiger partial charge in [0.2, 0.25) is 11.8 Å². The van der Waals surface area contributed by atoms with Crippen LogP contribution in [0.4, 0.5) is 5.82 Å². The number of amides is 2. The van der Waals surface area contributed by atoms with Crippen molar-refractivity contribution in [1.29, 1.82) is 0 Å². The van der Waals surface area contributed by atoms with E-state index in [4.69, 9.17) is 11.5 Å². The van der Waals surface area contributed by atoms with Gasteiger partial charge in [0.1, 0.15) is 18.1 Å². The summed E-state index contributed by atoms with van der Waals surface area (Å²) < 4.78 is 0. The maximum absolute atomic E-state index is 12.0. The van der Waals surface area contributed by atoms with Gasteiger partial charge in [-0.05, 0) is 24.1 Å². The van der Waals surface area contributed by atoms with Gasteiger partial charge in [-0.25, -0.2) is 9.97 Å². The largest absolute Gasteiger partial charge is 0.383 e. The normalized spacial score (nSPS) is 18.4. The van der Waals surface area contributed by atoms with Gasteiger partial charge >= 0.3 is 0 Å². The molecule has 3 rings (SSSR count). The maximum atomic E-state index is 12.0. The van der Waals surface area contributed by atoms with Crippen molar-refractivity contribution in [3.63, 3.8) is 0 Å². The van der Waals surface area contributed by atoms with Gasteiger partial charge in [0.05, 0.1) is 5.52 Å². The topological polar surface area (TPSA) is 115 Å². The van der Waals surface area contributed by atoms with Crippen LogP contribution < -0.4 is 11.5 Å². The fourth-order valence-electron chi connectivity index (χ4n) is 2.60. The highest BCUT2D eigenvalue weighted by atomic mass is 16.2. The van der Waals surface area contributed by atoms with Gasteiger partial charge in [-0.1, -0.05) is 6.07 Å². The summed E-state index contributed by atoms with van der Waals surface area (Å²) in [5.74, 6) is -1.02. The van der Waals surface area contributed by atoms with Crippen LogP contribution >= 0.6 is 0 Å². The highest BCUT2D eigenvalue weighted by Gasteiger charge is 2.35. The third-order valence-corrected chi connectivity index (χ3v) is 3.75. The Kier molecular flexibility index (Phi) is 3.17. The van der Waals surface area contributed by atoms with Crippen LogP contribution in [0.25, 0.3) is 10.9 Å². The predicted molar refractivity (Wildman–Crippen MR) is 76.7 cm³/mol. The van der Waals surface area contributed by atoms with Crippen molar-refractivity contribution >= 4 is 28.5 Å². The molecule has 1 aliphatic heterocycles. The summed E-state index contributed by atoms with van der Waals surface area (Å²) in [5, 5.41) is 0.781. The van der Waals surface area contributed by atoms with E-state index in [1.165, 1.54) is 6.33 Å². The number of hydrogen-bond donors (Lipinski definition) is 2. The Balaban J connectivity index is 1.83. The quantitative estimate of drug-likeness (QED) is 0.773. The van der Waals surface area contributed by atoms with Crippen molar-refractivity contribution in [3.05, 3.63) is 30.1 Å². The molecule has 1 aromatic carbocycles. The molecule has 7 heteroatoms. The zero-order valence-electron chi connectivity index (χ0n) is 11.3. The fourth-order valence-corrected chi connectivity index (χ4v) is 2.60. The molecule has 108 valence electrons. The van der Waals surface area contributed by atoms with Gasteiger partial charge in [0, 0.05) is 18.5 Å². The summed E-state index contributed by atoms with van der Waals surface area (Å²) in [4.78, 5) is 33.0. The number of primary amides is 1. The molecule has 0 unspecified atom stereocenters. The number of benzene rings is 1. The van der Waals surface area contributed by atoms with Gasteiger partial charge in [0.25, 0.3) is 0 Å². The summed E-state index contributed by atoms with van der Waals surface area (Å²) in [6.45, 7) is 0.971. The second kappa shape index (κ2) is 5.01.